The third-order valence-electron chi connectivity index (χ3n) is 1.87. The molecule has 0 unspecified atom stereocenters. The average Bonchev–Trinajstić information content (AvgIpc) is 2.19. The Morgan fingerprint density at radius 2 is 1.93 bits per heavy atom. The van der Waals surface area contributed by atoms with Gasteiger partial charge in [0.25, 0.3) is 15.2 Å². The Morgan fingerprint density at radius 1 is 1.21 bits per heavy atom. The maximum absolute atomic E-state index is 5.59. The molecule has 77 valence electrons. The van der Waals surface area contributed by atoms with Crippen LogP contribution in [-0.4, -0.2) is 20.7 Å². The Labute approximate surface area is 99.0 Å². The lowest BCUT2D eigenvalue weighted by atomic mass is 10.3. The number of hydrogen-bond acceptors (Lipinski definition) is 1. The molecular formula is C11H17AlClO. The van der Waals surface area contributed by atoms with Crippen molar-refractivity contribution in [3.63, 3.8) is 0 Å². The van der Waals surface area contributed by atoms with E-state index in [9.17, 15) is 0 Å². The fraction of sp³-hybridized carbons (Fsp3) is 0.455. The highest BCUT2D eigenvalue weighted by atomic mass is 35.5. The number of halogens is 1. The van der Waals surface area contributed by atoms with Crippen molar-refractivity contribution in [3.8, 4) is 5.75 Å². The minimum absolute atomic E-state index is 0. The van der Waals surface area contributed by atoms with Crippen LogP contribution in [0.4, 0.5) is 0 Å². The molecule has 1 rings (SSSR count). The van der Waals surface area contributed by atoms with E-state index < -0.39 is 0 Å². The first-order valence-electron chi connectivity index (χ1n) is 4.93. The summed E-state index contributed by atoms with van der Waals surface area (Å²) in [5.74, 6) is 1.01. The summed E-state index contributed by atoms with van der Waals surface area (Å²) < 4.78 is 5.59. The number of benzene rings is 1. The fourth-order valence-corrected chi connectivity index (χ4v) is 2.28. The van der Waals surface area contributed by atoms with Gasteiger partial charge in [0, 0.05) is 5.47 Å². The predicted molar refractivity (Wildman–Crippen MR) is 64.7 cm³/mol. The quantitative estimate of drug-likeness (QED) is 0.535. The molecule has 0 heterocycles. The lowest BCUT2D eigenvalue weighted by Crippen LogP contribution is -2.05. The van der Waals surface area contributed by atoms with Crippen molar-refractivity contribution >= 4 is 27.6 Å². The number of rotatable bonds is 6. The highest BCUT2D eigenvalue weighted by Gasteiger charge is 1.94. The molecule has 0 saturated heterocycles. The lowest BCUT2D eigenvalue weighted by Gasteiger charge is -2.03. The zero-order valence-corrected chi connectivity index (χ0v) is 10.6. The molecule has 0 aliphatic carbocycles. The average molecular weight is 228 g/mol. The molecule has 0 amide bonds. The third kappa shape index (κ3) is 6.32. The molecule has 0 aromatic heterocycles. The molecule has 1 nitrogen and oxygen atoms in total. The van der Waals surface area contributed by atoms with E-state index in [1.165, 1.54) is 18.1 Å². The van der Waals surface area contributed by atoms with Crippen LogP contribution in [0.2, 0.25) is 5.28 Å². The van der Waals surface area contributed by atoms with Crippen molar-refractivity contribution < 1.29 is 4.74 Å². The summed E-state index contributed by atoms with van der Waals surface area (Å²) >= 11 is 0.488. The number of ether oxygens (including phenoxy) is 1. The van der Waals surface area contributed by atoms with E-state index in [1.807, 2.05) is 30.3 Å². The molecular weight excluding hydrogens is 211 g/mol. The SMILES string of the molecule is CCC[CH2][Al][CH2]Oc1ccccc1.Cl. The summed E-state index contributed by atoms with van der Waals surface area (Å²) in [6.45, 7) is 2.23. The van der Waals surface area contributed by atoms with Crippen LogP contribution in [-0.2, 0) is 0 Å². The standard InChI is InChI=1S/C7H7O.C4H9.Al.ClH/c1-8-7-5-3-2-4-6-7;1-3-4-2;;/h2-6H,1H2;1,3-4H2,2H3;;1H. The van der Waals surface area contributed by atoms with Gasteiger partial charge in [-0.05, 0) is 12.1 Å². The summed E-state index contributed by atoms with van der Waals surface area (Å²) in [5.41, 5.74) is 0.935. The van der Waals surface area contributed by atoms with Crippen LogP contribution in [0, 0.1) is 0 Å². The summed E-state index contributed by atoms with van der Waals surface area (Å²) in [4.78, 5) is 0. The van der Waals surface area contributed by atoms with Gasteiger partial charge in [-0.25, -0.2) is 0 Å². The van der Waals surface area contributed by atoms with E-state index in [0.29, 0.717) is 15.2 Å². The zero-order chi connectivity index (χ0) is 9.36. The largest absolute Gasteiger partial charge is 0.510 e. The van der Waals surface area contributed by atoms with Crippen LogP contribution in [0.25, 0.3) is 0 Å². The van der Waals surface area contributed by atoms with Crippen LogP contribution in [0.15, 0.2) is 30.3 Å². The highest BCUT2D eigenvalue weighted by Crippen LogP contribution is 2.07. The van der Waals surface area contributed by atoms with E-state index in [4.69, 9.17) is 4.74 Å². The Bertz CT molecular complexity index is 216. The van der Waals surface area contributed by atoms with Crippen molar-refractivity contribution in [2.75, 3.05) is 5.47 Å². The first-order valence-corrected chi connectivity index (χ1v) is 6.56. The molecule has 0 bridgehead atoms. The van der Waals surface area contributed by atoms with Gasteiger partial charge in [0.15, 0.2) is 0 Å². The summed E-state index contributed by atoms with van der Waals surface area (Å²) in [6.07, 6.45) is 2.66. The van der Waals surface area contributed by atoms with Crippen LogP contribution in [0.3, 0.4) is 0 Å². The van der Waals surface area contributed by atoms with Crippen molar-refractivity contribution in [3.05, 3.63) is 30.3 Å². The van der Waals surface area contributed by atoms with Crippen molar-refractivity contribution in [1.29, 1.82) is 0 Å². The van der Waals surface area contributed by atoms with E-state index in [0.717, 1.165) is 11.2 Å². The van der Waals surface area contributed by atoms with Gasteiger partial charge < -0.3 is 4.74 Å². The Balaban J connectivity index is 0.00000169. The minimum Gasteiger partial charge on any atom is -0.510 e. The monoisotopic (exact) mass is 227 g/mol. The van der Waals surface area contributed by atoms with Crippen LogP contribution >= 0.6 is 12.4 Å². The van der Waals surface area contributed by atoms with Gasteiger partial charge in [0.2, 0.25) is 0 Å². The van der Waals surface area contributed by atoms with Gasteiger partial charge >= 0.3 is 0 Å². The summed E-state index contributed by atoms with van der Waals surface area (Å²) in [7, 11) is 0. The van der Waals surface area contributed by atoms with E-state index >= 15 is 0 Å². The van der Waals surface area contributed by atoms with Crippen molar-refractivity contribution in [2.45, 2.75) is 25.0 Å². The Kier molecular flexibility index (Phi) is 9.29. The topological polar surface area (TPSA) is 9.23 Å². The van der Waals surface area contributed by atoms with Crippen LogP contribution in [0.5, 0.6) is 5.75 Å². The second-order valence-corrected chi connectivity index (χ2v) is 4.54. The molecule has 3 heteroatoms. The summed E-state index contributed by atoms with van der Waals surface area (Å²) in [6, 6.07) is 10.1. The van der Waals surface area contributed by atoms with Gasteiger partial charge in [0.05, 0.1) is 0 Å². The molecule has 1 radical (unpaired) electrons. The van der Waals surface area contributed by atoms with Crippen LogP contribution < -0.4 is 4.74 Å². The second kappa shape index (κ2) is 9.40. The second-order valence-electron chi connectivity index (χ2n) is 3.05. The number of para-hydroxylation sites is 1. The van der Waals surface area contributed by atoms with Crippen molar-refractivity contribution in [1.82, 2.24) is 0 Å². The highest BCUT2D eigenvalue weighted by molar-refractivity contribution is 6.35. The third-order valence-corrected chi connectivity index (χ3v) is 3.09. The van der Waals surface area contributed by atoms with Crippen LogP contribution in [0.1, 0.15) is 19.8 Å². The minimum atomic E-state index is 0. The maximum atomic E-state index is 5.59. The molecule has 0 atom stereocenters. The molecule has 0 fully saturated rings. The molecule has 0 spiro atoms. The fourth-order valence-electron chi connectivity index (χ4n) is 1.10. The Morgan fingerprint density at radius 3 is 2.57 bits per heavy atom. The smallest absolute Gasteiger partial charge is 0.263 e. The maximum Gasteiger partial charge on any atom is 0.263 e. The number of hydrogen-bond donors (Lipinski definition) is 0. The van der Waals surface area contributed by atoms with Crippen molar-refractivity contribution in [2.24, 2.45) is 0 Å². The molecule has 0 saturated carbocycles. The molecule has 1 aromatic carbocycles. The van der Waals surface area contributed by atoms with E-state index in [1.54, 1.807) is 0 Å². The van der Waals surface area contributed by atoms with Gasteiger partial charge in [-0.15, -0.1) is 12.4 Å². The van der Waals surface area contributed by atoms with Gasteiger partial charge in [-0.2, -0.15) is 0 Å². The molecule has 0 aliphatic heterocycles. The van der Waals surface area contributed by atoms with Gasteiger partial charge in [-0.1, -0.05) is 43.2 Å². The van der Waals surface area contributed by atoms with Gasteiger partial charge in [-0.3, -0.25) is 0 Å². The first kappa shape index (κ1) is 13.8. The predicted octanol–water partition coefficient (Wildman–Crippen LogP) is 3.37. The molecule has 0 aliphatic rings. The normalized spacial score (nSPS) is 8.93. The summed E-state index contributed by atoms with van der Waals surface area (Å²) in [5, 5.41) is 1.36. The zero-order valence-electron chi connectivity index (χ0n) is 8.61. The van der Waals surface area contributed by atoms with E-state index in [-0.39, 0.29) is 12.4 Å². The molecule has 0 N–H and O–H groups in total. The Hall–Kier alpha value is -0.158. The first-order chi connectivity index (χ1) is 6.43. The molecule has 14 heavy (non-hydrogen) atoms. The number of unbranched alkanes of at least 4 members (excludes halogenated alkanes) is 1. The lowest BCUT2D eigenvalue weighted by molar-refractivity contribution is 0.384. The van der Waals surface area contributed by atoms with E-state index in [2.05, 4.69) is 6.92 Å². The van der Waals surface area contributed by atoms with Gasteiger partial charge in [0.1, 0.15) is 5.75 Å². The molecule has 1 aromatic rings.